The van der Waals surface area contributed by atoms with Gasteiger partial charge in [-0.3, -0.25) is 14.2 Å². The van der Waals surface area contributed by atoms with Crippen LogP contribution in [-0.2, 0) is 23.8 Å². The zero-order valence-electron chi connectivity index (χ0n) is 16.2. The first-order chi connectivity index (χ1) is 12.8. The molecule has 27 heavy (non-hydrogen) atoms. The van der Waals surface area contributed by atoms with Gasteiger partial charge in [0.2, 0.25) is 5.91 Å². The number of nitrogens with zero attached hydrogens (tertiary/aromatic N) is 4. The topological polar surface area (TPSA) is 64.7 Å². The quantitative estimate of drug-likeness (QED) is 0.775. The molecule has 6 nitrogen and oxygen atoms in total. The van der Waals surface area contributed by atoms with Gasteiger partial charge in [-0.05, 0) is 17.2 Å². The first kappa shape index (κ1) is 17.5. The van der Waals surface area contributed by atoms with Gasteiger partial charge >= 0.3 is 0 Å². The second-order valence-electron chi connectivity index (χ2n) is 8.19. The Hall–Kier alpha value is -2.89. The highest BCUT2D eigenvalue weighted by molar-refractivity contribution is 5.94. The van der Waals surface area contributed by atoms with E-state index >= 15 is 0 Å². The van der Waals surface area contributed by atoms with Crippen molar-refractivity contribution in [3.8, 4) is 0 Å². The predicted octanol–water partition coefficient (Wildman–Crippen LogP) is 3.44. The smallest absolute Gasteiger partial charge is 0.226 e. The van der Waals surface area contributed by atoms with Gasteiger partial charge in [-0.2, -0.15) is 10.2 Å². The van der Waals surface area contributed by atoms with E-state index in [-0.39, 0.29) is 17.2 Å². The van der Waals surface area contributed by atoms with Gasteiger partial charge in [0.15, 0.2) is 0 Å². The van der Waals surface area contributed by atoms with E-state index in [1.165, 1.54) is 11.1 Å². The minimum absolute atomic E-state index is 0.0107. The number of hydrogen-bond donors (Lipinski definition) is 1. The first-order valence-electron chi connectivity index (χ1n) is 9.27. The number of fused-ring (bicyclic) bond motifs is 1. The highest BCUT2D eigenvalue weighted by atomic mass is 16.1. The lowest BCUT2D eigenvalue weighted by Crippen LogP contribution is -2.27. The van der Waals surface area contributed by atoms with Crippen LogP contribution in [0.3, 0.4) is 0 Å². The van der Waals surface area contributed by atoms with E-state index in [4.69, 9.17) is 5.10 Å². The van der Waals surface area contributed by atoms with Gasteiger partial charge in [0.1, 0.15) is 5.82 Å². The second-order valence-corrected chi connectivity index (χ2v) is 8.19. The fourth-order valence-electron chi connectivity index (χ4n) is 3.90. The van der Waals surface area contributed by atoms with E-state index in [9.17, 15) is 4.79 Å². The van der Waals surface area contributed by atoms with Crippen LogP contribution >= 0.6 is 0 Å². The molecule has 4 rings (SSSR count). The van der Waals surface area contributed by atoms with Gasteiger partial charge in [-0.15, -0.1) is 0 Å². The van der Waals surface area contributed by atoms with Crippen LogP contribution in [0.4, 0.5) is 5.82 Å². The zero-order valence-corrected chi connectivity index (χ0v) is 16.2. The molecule has 0 spiro atoms. The van der Waals surface area contributed by atoms with Crippen LogP contribution in [-0.4, -0.2) is 25.5 Å². The summed E-state index contributed by atoms with van der Waals surface area (Å²) in [6.45, 7) is 7.18. The molecule has 140 valence electrons. The standard InChI is InChI=1S/C21H25N5O/c1-21(2,3)19-18-16(12-17(27)23-20(18)25(4)24-19)15-9-6-5-8-14(15)13-26-11-7-10-22-26/h5-11,16H,12-13H2,1-4H3,(H,23,27)/t16-/m1/s1. The van der Waals surface area contributed by atoms with Gasteiger partial charge < -0.3 is 5.32 Å². The number of carbonyl (C=O) groups excluding carboxylic acids is 1. The maximum atomic E-state index is 12.5. The molecule has 0 saturated heterocycles. The molecule has 1 N–H and O–H groups in total. The Bertz CT molecular complexity index is 979. The molecule has 1 amide bonds. The van der Waals surface area contributed by atoms with Crippen molar-refractivity contribution >= 4 is 11.7 Å². The normalized spacial score (nSPS) is 16.9. The molecule has 0 radical (unpaired) electrons. The molecule has 0 fully saturated rings. The minimum atomic E-state index is -0.109. The molecule has 3 heterocycles. The number of nitrogens with one attached hydrogen (secondary N) is 1. The zero-order chi connectivity index (χ0) is 19.2. The van der Waals surface area contributed by atoms with Crippen molar-refractivity contribution in [2.24, 2.45) is 7.05 Å². The van der Waals surface area contributed by atoms with Crippen molar-refractivity contribution in [1.29, 1.82) is 0 Å². The van der Waals surface area contributed by atoms with Crippen LogP contribution in [0.15, 0.2) is 42.7 Å². The number of aryl methyl sites for hydroxylation is 1. The Morgan fingerprint density at radius 3 is 2.70 bits per heavy atom. The van der Waals surface area contributed by atoms with Gasteiger partial charge in [0.25, 0.3) is 0 Å². The number of amides is 1. The number of carbonyl (C=O) groups is 1. The molecule has 0 saturated carbocycles. The molecule has 0 aliphatic carbocycles. The summed E-state index contributed by atoms with van der Waals surface area (Å²) in [6.07, 6.45) is 4.17. The Kier molecular flexibility index (Phi) is 4.13. The van der Waals surface area contributed by atoms with Crippen LogP contribution in [0.1, 0.15) is 55.5 Å². The molecule has 1 aliphatic rings. The molecule has 1 aromatic carbocycles. The summed E-state index contributed by atoms with van der Waals surface area (Å²) in [4.78, 5) is 12.5. The molecular weight excluding hydrogens is 338 g/mol. The largest absolute Gasteiger partial charge is 0.311 e. The molecular formula is C21H25N5O. The van der Waals surface area contributed by atoms with E-state index in [1.807, 2.05) is 36.1 Å². The molecule has 1 aliphatic heterocycles. The van der Waals surface area contributed by atoms with Crippen LogP contribution in [0.5, 0.6) is 0 Å². The molecule has 0 unspecified atom stereocenters. The van der Waals surface area contributed by atoms with Crippen LogP contribution in [0.25, 0.3) is 0 Å². The maximum absolute atomic E-state index is 12.5. The first-order valence-corrected chi connectivity index (χ1v) is 9.27. The fraction of sp³-hybridized carbons (Fsp3) is 0.381. The van der Waals surface area contributed by atoms with Gasteiger partial charge in [0.05, 0.1) is 12.2 Å². The van der Waals surface area contributed by atoms with Crippen molar-refractivity contribution in [3.05, 3.63) is 65.1 Å². The summed E-state index contributed by atoms with van der Waals surface area (Å²) in [7, 11) is 1.90. The molecule has 1 atom stereocenters. The van der Waals surface area contributed by atoms with E-state index in [0.717, 1.165) is 17.1 Å². The Morgan fingerprint density at radius 1 is 1.22 bits per heavy atom. The van der Waals surface area contributed by atoms with Crippen molar-refractivity contribution in [2.75, 3.05) is 5.32 Å². The van der Waals surface area contributed by atoms with E-state index in [1.54, 1.807) is 10.9 Å². The van der Waals surface area contributed by atoms with Gasteiger partial charge in [-0.25, -0.2) is 0 Å². The van der Waals surface area contributed by atoms with Crippen molar-refractivity contribution in [3.63, 3.8) is 0 Å². The lowest BCUT2D eigenvalue weighted by molar-refractivity contribution is -0.116. The van der Waals surface area contributed by atoms with Crippen molar-refractivity contribution in [1.82, 2.24) is 19.6 Å². The van der Waals surface area contributed by atoms with E-state index < -0.39 is 0 Å². The summed E-state index contributed by atoms with van der Waals surface area (Å²) >= 11 is 0. The number of anilines is 1. The third kappa shape index (κ3) is 3.16. The summed E-state index contributed by atoms with van der Waals surface area (Å²) in [5.41, 5.74) is 4.41. The lowest BCUT2D eigenvalue weighted by Gasteiger charge is -2.28. The SMILES string of the molecule is Cn1nc(C(C)(C)C)c2c1NC(=O)C[C@@H]2c1ccccc1Cn1cccn1. The Balaban J connectivity index is 1.86. The lowest BCUT2D eigenvalue weighted by atomic mass is 9.78. The molecule has 6 heteroatoms. The summed E-state index contributed by atoms with van der Waals surface area (Å²) in [5.74, 6) is 0.836. The third-order valence-corrected chi connectivity index (χ3v) is 5.11. The average molecular weight is 363 g/mol. The predicted molar refractivity (Wildman–Crippen MR) is 105 cm³/mol. The van der Waals surface area contributed by atoms with Crippen molar-refractivity contribution < 1.29 is 4.79 Å². The van der Waals surface area contributed by atoms with E-state index in [0.29, 0.717) is 13.0 Å². The number of benzene rings is 1. The summed E-state index contributed by atoms with van der Waals surface area (Å²) in [6, 6.07) is 10.3. The fourth-order valence-corrected chi connectivity index (χ4v) is 3.90. The average Bonchev–Trinajstić information content (AvgIpc) is 3.23. The van der Waals surface area contributed by atoms with Crippen LogP contribution in [0.2, 0.25) is 0 Å². The number of hydrogen-bond acceptors (Lipinski definition) is 3. The molecule has 3 aromatic rings. The third-order valence-electron chi connectivity index (χ3n) is 5.11. The molecule has 2 aromatic heterocycles. The van der Waals surface area contributed by atoms with Gasteiger partial charge in [0, 0.05) is 42.8 Å². The Labute approximate surface area is 159 Å². The minimum Gasteiger partial charge on any atom is -0.311 e. The van der Waals surface area contributed by atoms with Gasteiger partial charge in [-0.1, -0.05) is 45.0 Å². The second kappa shape index (κ2) is 6.37. The monoisotopic (exact) mass is 363 g/mol. The van der Waals surface area contributed by atoms with Crippen molar-refractivity contribution in [2.45, 2.75) is 45.1 Å². The Morgan fingerprint density at radius 2 is 2.00 bits per heavy atom. The van der Waals surface area contributed by atoms with Crippen LogP contribution in [0, 0.1) is 0 Å². The highest BCUT2D eigenvalue weighted by Crippen LogP contribution is 2.43. The summed E-state index contributed by atoms with van der Waals surface area (Å²) < 4.78 is 3.71. The summed E-state index contributed by atoms with van der Waals surface area (Å²) in [5, 5.41) is 12.1. The highest BCUT2D eigenvalue weighted by Gasteiger charge is 2.37. The maximum Gasteiger partial charge on any atom is 0.226 e. The number of rotatable bonds is 3. The van der Waals surface area contributed by atoms with Crippen LogP contribution < -0.4 is 5.32 Å². The number of aromatic nitrogens is 4. The molecule has 0 bridgehead atoms. The van der Waals surface area contributed by atoms with E-state index in [2.05, 4.69) is 43.3 Å².